The molecule has 0 saturated heterocycles. The summed E-state index contributed by atoms with van der Waals surface area (Å²) in [5.41, 5.74) is -0.462. The zero-order valence-electron chi connectivity index (χ0n) is 9.17. The molecular formula is C11H11ClF3NO2. The van der Waals surface area contributed by atoms with E-state index in [9.17, 15) is 23.1 Å². The summed E-state index contributed by atoms with van der Waals surface area (Å²) in [5.74, 6) is -1.98. The van der Waals surface area contributed by atoms with E-state index in [0.717, 1.165) is 6.07 Å². The molecule has 1 aromatic carbocycles. The first kappa shape index (κ1) is 14.8. The zero-order valence-corrected chi connectivity index (χ0v) is 9.92. The van der Waals surface area contributed by atoms with Crippen LogP contribution in [0.4, 0.5) is 18.9 Å². The largest absolute Gasteiger partial charge is 0.454 e. The van der Waals surface area contributed by atoms with Gasteiger partial charge in [-0.3, -0.25) is 4.79 Å². The Balaban J connectivity index is 2.90. The topological polar surface area (TPSA) is 49.3 Å². The van der Waals surface area contributed by atoms with Gasteiger partial charge in [-0.1, -0.05) is 12.1 Å². The summed E-state index contributed by atoms with van der Waals surface area (Å²) in [7, 11) is 0. The Morgan fingerprint density at radius 1 is 1.39 bits per heavy atom. The van der Waals surface area contributed by atoms with Crippen molar-refractivity contribution in [2.45, 2.75) is 12.3 Å². The number of nitrogens with one attached hydrogen (secondary N) is 1. The maximum atomic E-state index is 12.3. The molecule has 7 heteroatoms. The summed E-state index contributed by atoms with van der Waals surface area (Å²) in [4.78, 5) is 11.1. The first-order valence-corrected chi connectivity index (χ1v) is 5.58. The molecule has 18 heavy (non-hydrogen) atoms. The van der Waals surface area contributed by atoms with Crippen LogP contribution in [-0.2, 0) is 0 Å². The molecular weight excluding hydrogens is 271 g/mol. The van der Waals surface area contributed by atoms with E-state index in [0.29, 0.717) is 0 Å². The quantitative estimate of drug-likeness (QED) is 0.644. The monoisotopic (exact) mass is 281 g/mol. The lowest BCUT2D eigenvalue weighted by Gasteiger charge is -2.14. The van der Waals surface area contributed by atoms with Gasteiger partial charge in [0.2, 0.25) is 0 Å². The van der Waals surface area contributed by atoms with Gasteiger partial charge >= 0.3 is 6.18 Å². The highest BCUT2D eigenvalue weighted by Gasteiger charge is 2.40. The summed E-state index contributed by atoms with van der Waals surface area (Å²) in [6, 6.07) is 5.23. The Morgan fingerprint density at radius 2 is 2.00 bits per heavy atom. The minimum Gasteiger partial charge on any atom is -0.390 e. The minimum atomic E-state index is -4.93. The number of hydrogen-bond acceptors (Lipinski definition) is 3. The molecule has 2 N–H and O–H groups in total. The molecule has 0 aliphatic heterocycles. The number of alkyl halides is 4. The van der Waals surface area contributed by atoms with Gasteiger partial charge in [0.05, 0.1) is 17.5 Å². The van der Waals surface area contributed by atoms with Gasteiger partial charge in [-0.15, -0.1) is 11.6 Å². The molecule has 0 heterocycles. The third-order valence-electron chi connectivity index (χ3n) is 2.14. The Hall–Kier alpha value is -1.27. The van der Waals surface area contributed by atoms with Gasteiger partial charge < -0.3 is 10.4 Å². The molecule has 3 nitrogen and oxygen atoms in total. The van der Waals surface area contributed by atoms with E-state index in [1.165, 1.54) is 18.2 Å². The number of Topliss-reactive ketones (excluding diaryl/α,β-unsaturated/α-hetero) is 1. The predicted octanol–water partition coefficient (Wildman–Crippen LogP) is 2.44. The van der Waals surface area contributed by atoms with Crippen LogP contribution in [0.5, 0.6) is 0 Å². The third-order valence-corrected chi connectivity index (χ3v) is 2.49. The van der Waals surface area contributed by atoms with Crippen molar-refractivity contribution in [3.63, 3.8) is 0 Å². The molecule has 0 bridgehead atoms. The van der Waals surface area contributed by atoms with Gasteiger partial charge in [-0.05, 0) is 12.1 Å². The standard InChI is InChI=1S/C11H11ClF3NO2/c12-5-7(17)6-16-9-4-2-1-3-8(9)10(18)11(13,14)15/h1-4,7,16-17H,5-6H2. The molecule has 1 rings (SSSR count). The van der Waals surface area contributed by atoms with Gasteiger partial charge in [0.15, 0.2) is 0 Å². The highest BCUT2D eigenvalue weighted by Crippen LogP contribution is 2.26. The lowest BCUT2D eigenvalue weighted by Crippen LogP contribution is -2.26. The van der Waals surface area contributed by atoms with Crippen LogP contribution in [-0.4, -0.2) is 35.6 Å². The third kappa shape index (κ3) is 3.89. The van der Waals surface area contributed by atoms with Crippen molar-refractivity contribution in [2.75, 3.05) is 17.7 Å². The number of rotatable bonds is 5. The Morgan fingerprint density at radius 3 is 2.56 bits per heavy atom. The van der Waals surface area contributed by atoms with E-state index in [1.54, 1.807) is 0 Å². The Bertz CT molecular complexity index is 423. The number of para-hydroxylation sites is 1. The molecule has 0 aliphatic rings. The van der Waals surface area contributed by atoms with Gasteiger partial charge in [0, 0.05) is 12.2 Å². The van der Waals surface area contributed by atoms with Crippen LogP contribution in [0.25, 0.3) is 0 Å². The number of aliphatic hydroxyl groups excluding tert-OH is 1. The second-order valence-corrected chi connectivity index (χ2v) is 3.87. The molecule has 0 aliphatic carbocycles. The van der Waals surface area contributed by atoms with Gasteiger partial charge in [-0.25, -0.2) is 0 Å². The van der Waals surface area contributed by atoms with Crippen LogP contribution in [0.2, 0.25) is 0 Å². The van der Waals surface area contributed by atoms with E-state index in [4.69, 9.17) is 11.6 Å². The fourth-order valence-corrected chi connectivity index (χ4v) is 1.38. The number of hydrogen-bond donors (Lipinski definition) is 2. The summed E-state index contributed by atoms with van der Waals surface area (Å²) in [6.45, 7) is -0.0361. The van der Waals surface area contributed by atoms with Gasteiger partial charge in [0.25, 0.3) is 5.78 Å². The zero-order chi connectivity index (χ0) is 13.8. The van der Waals surface area contributed by atoms with Crippen molar-refractivity contribution >= 4 is 23.1 Å². The smallest absolute Gasteiger partial charge is 0.390 e. The maximum absolute atomic E-state index is 12.3. The van der Waals surface area contributed by atoms with Crippen LogP contribution < -0.4 is 5.32 Å². The molecule has 0 radical (unpaired) electrons. The summed E-state index contributed by atoms with van der Waals surface area (Å²) in [6.07, 6.45) is -5.83. The van der Waals surface area contributed by atoms with E-state index >= 15 is 0 Å². The summed E-state index contributed by atoms with van der Waals surface area (Å²) in [5, 5.41) is 11.8. The van der Waals surface area contributed by atoms with Crippen molar-refractivity contribution < 1.29 is 23.1 Å². The lowest BCUT2D eigenvalue weighted by atomic mass is 10.1. The second-order valence-electron chi connectivity index (χ2n) is 3.56. The lowest BCUT2D eigenvalue weighted by molar-refractivity contribution is -0.0884. The molecule has 0 amide bonds. The van der Waals surface area contributed by atoms with Crippen LogP contribution in [0, 0.1) is 0 Å². The maximum Gasteiger partial charge on any atom is 0.454 e. The first-order valence-electron chi connectivity index (χ1n) is 5.04. The average molecular weight is 282 g/mol. The molecule has 100 valence electrons. The fraction of sp³-hybridized carbons (Fsp3) is 0.364. The predicted molar refractivity (Wildman–Crippen MR) is 62.0 cm³/mol. The number of aliphatic hydroxyl groups is 1. The van der Waals surface area contributed by atoms with Crippen LogP contribution >= 0.6 is 11.6 Å². The Labute approximate surface area is 107 Å². The number of anilines is 1. The van der Waals surface area contributed by atoms with Crippen molar-refractivity contribution in [1.82, 2.24) is 0 Å². The summed E-state index contributed by atoms with van der Waals surface area (Å²) >= 11 is 5.36. The van der Waals surface area contributed by atoms with E-state index in [1.807, 2.05) is 0 Å². The van der Waals surface area contributed by atoms with Crippen molar-refractivity contribution in [2.24, 2.45) is 0 Å². The molecule has 1 aromatic rings. The normalized spacial score (nSPS) is 13.2. The average Bonchev–Trinajstić information content (AvgIpc) is 2.34. The molecule has 1 atom stereocenters. The SMILES string of the molecule is O=C(c1ccccc1NCC(O)CCl)C(F)(F)F. The second kappa shape index (κ2) is 6.06. The number of ketones is 1. The van der Waals surface area contributed by atoms with E-state index < -0.39 is 23.6 Å². The van der Waals surface area contributed by atoms with Crippen LogP contribution in [0.3, 0.4) is 0 Å². The first-order chi connectivity index (χ1) is 8.36. The molecule has 0 saturated carbocycles. The minimum absolute atomic E-state index is 0.0176. The van der Waals surface area contributed by atoms with E-state index in [-0.39, 0.29) is 18.1 Å². The molecule has 0 spiro atoms. The van der Waals surface area contributed by atoms with Gasteiger partial charge in [0.1, 0.15) is 0 Å². The molecule has 1 unspecified atom stereocenters. The number of carbonyl (C=O) groups excluding carboxylic acids is 1. The molecule has 0 aromatic heterocycles. The van der Waals surface area contributed by atoms with Gasteiger partial charge in [-0.2, -0.15) is 13.2 Å². The fourth-order valence-electron chi connectivity index (χ4n) is 1.27. The Kier molecular flexibility index (Phi) is 4.98. The van der Waals surface area contributed by atoms with Crippen molar-refractivity contribution in [3.8, 4) is 0 Å². The molecule has 0 fully saturated rings. The number of carbonyl (C=O) groups is 1. The van der Waals surface area contributed by atoms with Crippen molar-refractivity contribution in [1.29, 1.82) is 0 Å². The summed E-state index contributed by atoms with van der Waals surface area (Å²) < 4.78 is 37.0. The number of benzene rings is 1. The van der Waals surface area contributed by atoms with Crippen LogP contribution in [0.15, 0.2) is 24.3 Å². The number of halogens is 4. The highest BCUT2D eigenvalue weighted by molar-refractivity contribution is 6.18. The van der Waals surface area contributed by atoms with Crippen molar-refractivity contribution in [3.05, 3.63) is 29.8 Å². The van der Waals surface area contributed by atoms with E-state index in [2.05, 4.69) is 5.32 Å². The van der Waals surface area contributed by atoms with Crippen LogP contribution in [0.1, 0.15) is 10.4 Å². The highest BCUT2D eigenvalue weighted by atomic mass is 35.5.